The minimum absolute atomic E-state index is 0.194. The van der Waals surface area contributed by atoms with Gasteiger partial charge in [-0.1, -0.05) is 0 Å². The molecule has 0 unspecified atom stereocenters. The predicted octanol–water partition coefficient (Wildman–Crippen LogP) is 3.34. The SMILES string of the molecule is Cc1cc(OCC(=O)Oc2ccc(C(=O)c3ccc(F)cc3)cc2)no1. The molecule has 3 rings (SSSR count). The fourth-order valence-corrected chi connectivity index (χ4v) is 2.15. The van der Waals surface area contributed by atoms with Gasteiger partial charge in [0.05, 0.1) is 0 Å². The molecule has 132 valence electrons. The summed E-state index contributed by atoms with van der Waals surface area (Å²) in [6, 6.07) is 12.8. The second-order valence-electron chi connectivity index (χ2n) is 5.40. The number of ether oxygens (including phenoxy) is 2. The van der Waals surface area contributed by atoms with E-state index < -0.39 is 11.8 Å². The molecule has 3 aromatic rings. The van der Waals surface area contributed by atoms with Crippen LogP contribution in [0.15, 0.2) is 59.1 Å². The third-order valence-electron chi connectivity index (χ3n) is 3.40. The lowest BCUT2D eigenvalue weighted by Crippen LogP contribution is -2.17. The van der Waals surface area contributed by atoms with Crippen molar-refractivity contribution < 1.29 is 28.0 Å². The molecule has 0 spiro atoms. The van der Waals surface area contributed by atoms with Gasteiger partial charge in [0.2, 0.25) is 0 Å². The number of benzene rings is 2. The Morgan fingerprint density at radius 3 is 2.23 bits per heavy atom. The van der Waals surface area contributed by atoms with Gasteiger partial charge in [-0.15, -0.1) is 0 Å². The molecule has 0 fully saturated rings. The van der Waals surface area contributed by atoms with Crippen LogP contribution in [-0.4, -0.2) is 23.5 Å². The van der Waals surface area contributed by atoms with Gasteiger partial charge in [0.15, 0.2) is 12.4 Å². The van der Waals surface area contributed by atoms with Crippen molar-refractivity contribution in [2.45, 2.75) is 6.92 Å². The van der Waals surface area contributed by atoms with Crippen molar-refractivity contribution in [3.63, 3.8) is 0 Å². The van der Waals surface area contributed by atoms with E-state index in [0.29, 0.717) is 16.9 Å². The lowest BCUT2D eigenvalue weighted by Gasteiger charge is -2.06. The van der Waals surface area contributed by atoms with Crippen molar-refractivity contribution in [3.05, 3.63) is 77.3 Å². The maximum absolute atomic E-state index is 12.9. The third kappa shape index (κ3) is 4.32. The van der Waals surface area contributed by atoms with E-state index in [9.17, 15) is 14.0 Å². The number of aromatic nitrogens is 1. The molecule has 0 saturated carbocycles. The number of hydrogen-bond donors (Lipinski definition) is 0. The molecule has 0 aliphatic heterocycles. The van der Waals surface area contributed by atoms with E-state index >= 15 is 0 Å². The molecule has 1 heterocycles. The van der Waals surface area contributed by atoms with Crippen LogP contribution in [-0.2, 0) is 4.79 Å². The van der Waals surface area contributed by atoms with E-state index in [1.807, 2.05) is 0 Å². The van der Waals surface area contributed by atoms with Crippen molar-refractivity contribution in [3.8, 4) is 11.6 Å². The van der Waals surface area contributed by atoms with Crippen LogP contribution in [0.1, 0.15) is 21.7 Å². The number of esters is 1. The number of carbonyl (C=O) groups excluding carboxylic acids is 2. The summed E-state index contributed by atoms with van der Waals surface area (Å²) >= 11 is 0. The molecule has 0 aliphatic carbocycles. The van der Waals surface area contributed by atoms with Crippen molar-refractivity contribution in [2.24, 2.45) is 0 Å². The van der Waals surface area contributed by atoms with E-state index in [4.69, 9.17) is 14.0 Å². The van der Waals surface area contributed by atoms with Gasteiger partial charge >= 0.3 is 5.97 Å². The largest absolute Gasteiger partial charge is 0.463 e. The fourth-order valence-electron chi connectivity index (χ4n) is 2.15. The van der Waals surface area contributed by atoms with Gasteiger partial charge in [-0.05, 0) is 60.6 Å². The Balaban J connectivity index is 1.57. The van der Waals surface area contributed by atoms with Crippen LogP contribution in [0.4, 0.5) is 4.39 Å². The minimum Gasteiger partial charge on any atom is -0.463 e. The summed E-state index contributed by atoms with van der Waals surface area (Å²) in [7, 11) is 0. The summed E-state index contributed by atoms with van der Waals surface area (Å²) in [6.45, 7) is 1.37. The summed E-state index contributed by atoms with van der Waals surface area (Å²) in [4.78, 5) is 24.0. The molecule has 0 atom stereocenters. The van der Waals surface area contributed by atoms with Gasteiger partial charge in [-0.2, -0.15) is 0 Å². The van der Waals surface area contributed by atoms with Gasteiger partial charge in [0.25, 0.3) is 5.88 Å². The maximum Gasteiger partial charge on any atom is 0.349 e. The zero-order chi connectivity index (χ0) is 18.5. The normalized spacial score (nSPS) is 10.4. The number of nitrogens with zero attached hydrogens (tertiary/aromatic N) is 1. The quantitative estimate of drug-likeness (QED) is 0.383. The fraction of sp³-hybridized carbons (Fsp3) is 0.105. The first-order valence-corrected chi connectivity index (χ1v) is 7.68. The number of rotatable bonds is 6. The lowest BCUT2D eigenvalue weighted by molar-refractivity contribution is -0.136. The molecule has 0 N–H and O–H groups in total. The number of hydrogen-bond acceptors (Lipinski definition) is 6. The first kappa shape index (κ1) is 17.3. The van der Waals surface area contributed by atoms with Crippen molar-refractivity contribution in [2.75, 3.05) is 6.61 Å². The summed E-state index contributed by atoms with van der Waals surface area (Å²) in [5.74, 6) is -0.261. The van der Waals surface area contributed by atoms with Crippen molar-refractivity contribution in [1.29, 1.82) is 0 Å². The maximum atomic E-state index is 12.9. The first-order valence-electron chi connectivity index (χ1n) is 7.68. The Morgan fingerprint density at radius 2 is 1.65 bits per heavy atom. The molecule has 7 heteroatoms. The topological polar surface area (TPSA) is 78.6 Å². The van der Waals surface area contributed by atoms with Crippen LogP contribution >= 0.6 is 0 Å². The van der Waals surface area contributed by atoms with Crippen LogP contribution in [0.3, 0.4) is 0 Å². The van der Waals surface area contributed by atoms with Crippen LogP contribution < -0.4 is 9.47 Å². The van der Waals surface area contributed by atoms with Gasteiger partial charge < -0.3 is 14.0 Å². The Bertz CT molecular complexity index is 916. The second-order valence-corrected chi connectivity index (χ2v) is 5.40. The zero-order valence-corrected chi connectivity index (χ0v) is 13.8. The molecule has 2 aromatic carbocycles. The van der Waals surface area contributed by atoms with Gasteiger partial charge in [0, 0.05) is 17.2 Å². The van der Waals surface area contributed by atoms with Crippen molar-refractivity contribution in [1.82, 2.24) is 5.16 Å². The Morgan fingerprint density at radius 1 is 1.04 bits per heavy atom. The number of halogens is 1. The number of ketones is 1. The molecule has 6 nitrogen and oxygen atoms in total. The highest BCUT2D eigenvalue weighted by molar-refractivity contribution is 6.09. The monoisotopic (exact) mass is 355 g/mol. The molecule has 0 bridgehead atoms. The van der Waals surface area contributed by atoms with Crippen molar-refractivity contribution >= 4 is 11.8 Å². The highest BCUT2D eigenvalue weighted by Crippen LogP contribution is 2.16. The second kappa shape index (κ2) is 7.60. The summed E-state index contributed by atoms with van der Waals surface area (Å²) in [5.41, 5.74) is 0.762. The zero-order valence-electron chi connectivity index (χ0n) is 13.8. The average Bonchev–Trinajstić information content (AvgIpc) is 3.06. The van der Waals surface area contributed by atoms with Gasteiger partial charge in [-0.25, -0.2) is 9.18 Å². The Kier molecular flexibility index (Phi) is 5.07. The number of aryl methyl sites for hydroxylation is 1. The molecule has 0 amide bonds. The number of carbonyl (C=O) groups is 2. The van der Waals surface area contributed by atoms with Crippen LogP contribution in [0.25, 0.3) is 0 Å². The van der Waals surface area contributed by atoms with E-state index in [-0.39, 0.29) is 24.0 Å². The third-order valence-corrected chi connectivity index (χ3v) is 3.40. The van der Waals surface area contributed by atoms with E-state index in [1.165, 1.54) is 48.5 Å². The molecule has 1 aromatic heterocycles. The highest BCUT2D eigenvalue weighted by atomic mass is 19.1. The molecular formula is C19H14FNO5. The van der Waals surface area contributed by atoms with E-state index in [0.717, 1.165) is 0 Å². The van der Waals surface area contributed by atoms with E-state index in [2.05, 4.69) is 5.16 Å². The average molecular weight is 355 g/mol. The molecule has 26 heavy (non-hydrogen) atoms. The molecule has 0 aliphatic rings. The van der Waals surface area contributed by atoms with Gasteiger partial charge in [-0.3, -0.25) is 4.79 Å². The lowest BCUT2D eigenvalue weighted by atomic mass is 10.0. The molecule has 0 radical (unpaired) electrons. The minimum atomic E-state index is -0.622. The van der Waals surface area contributed by atoms with E-state index in [1.54, 1.807) is 13.0 Å². The Labute approximate surface area is 148 Å². The van der Waals surface area contributed by atoms with Crippen LogP contribution in [0.2, 0.25) is 0 Å². The highest BCUT2D eigenvalue weighted by Gasteiger charge is 2.11. The Hall–Kier alpha value is -3.48. The van der Waals surface area contributed by atoms with Gasteiger partial charge in [0.1, 0.15) is 17.3 Å². The predicted molar refractivity (Wildman–Crippen MR) is 88.6 cm³/mol. The molecular weight excluding hydrogens is 341 g/mol. The molecule has 0 saturated heterocycles. The summed E-state index contributed by atoms with van der Waals surface area (Å²) in [5, 5.41) is 3.59. The standard InChI is InChI=1S/C19H14FNO5/c1-12-10-17(21-26-12)24-11-18(22)25-16-8-4-14(5-9-16)19(23)13-2-6-15(20)7-3-13/h2-10H,11H2,1H3. The summed E-state index contributed by atoms with van der Waals surface area (Å²) in [6.07, 6.45) is 0. The first-order chi connectivity index (χ1) is 12.5. The van der Waals surface area contributed by atoms with Crippen LogP contribution in [0, 0.1) is 12.7 Å². The smallest absolute Gasteiger partial charge is 0.349 e. The summed E-state index contributed by atoms with van der Waals surface area (Å²) < 4.78 is 28.0. The van der Waals surface area contributed by atoms with Crippen LogP contribution in [0.5, 0.6) is 11.6 Å².